The van der Waals surface area contributed by atoms with E-state index in [2.05, 4.69) is 0 Å². The number of ketones is 1. The van der Waals surface area contributed by atoms with Crippen molar-refractivity contribution in [2.45, 2.75) is 25.3 Å². The van der Waals surface area contributed by atoms with Crippen molar-refractivity contribution in [3.63, 3.8) is 0 Å². The first-order valence-corrected chi connectivity index (χ1v) is 3.68. The zero-order valence-corrected chi connectivity index (χ0v) is 6.90. The van der Waals surface area contributed by atoms with Crippen LogP contribution in [0, 0.1) is 0 Å². The van der Waals surface area contributed by atoms with Gasteiger partial charge in [-0.15, -0.1) is 0 Å². The number of carboxylic acid groups (broad SMARTS) is 2. The molecule has 0 saturated heterocycles. The second-order valence-electron chi connectivity index (χ2n) is 2.53. The van der Waals surface area contributed by atoms with E-state index >= 15 is 0 Å². The normalized spacial score (nSPS) is 12.1. The summed E-state index contributed by atoms with van der Waals surface area (Å²) in [5.74, 6) is -3.05. The van der Waals surface area contributed by atoms with Gasteiger partial charge >= 0.3 is 11.9 Å². The SMILES string of the molecule is NC(C(=O)O)C(=O)CCCC(=O)O. The molecule has 4 N–H and O–H groups in total. The number of aliphatic carboxylic acids is 2. The molecular formula is C7H11NO5. The Morgan fingerprint density at radius 2 is 1.69 bits per heavy atom. The third-order valence-corrected chi connectivity index (χ3v) is 1.43. The monoisotopic (exact) mass is 189 g/mol. The Hall–Kier alpha value is -1.43. The van der Waals surface area contributed by atoms with E-state index < -0.39 is 23.8 Å². The number of carbonyl (C=O) groups excluding carboxylic acids is 1. The molecule has 0 bridgehead atoms. The van der Waals surface area contributed by atoms with Gasteiger partial charge in [0.25, 0.3) is 0 Å². The lowest BCUT2D eigenvalue weighted by molar-refractivity contribution is -0.142. The van der Waals surface area contributed by atoms with E-state index in [1.807, 2.05) is 0 Å². The van der Waals surface area contributed by atoms with E-state index in [1.54, 1.807) is 0 Å². The smallest absolute Gasteiger partial charge is 0.328 e. The molecule has 6 nitrogen and oxygen atoms in total. The highest BCUT2D eigenvalue weighted by molar-refractivity contribution is 6.02. The molecule has 0 spiro atoms. The van der Waals surface area contributed by atoms with Gasteiger partial charge in [-0.05, 0) is 6.42 Å². The van der Waals surface area contributed by atoms with E-state index in [9.17, 15) is 14.4 Å². The van der Waals surface area contributed by atoms with E-state index in [4.69, 9.17) is 15.9 Å². The highest BCUT2D eigenvalue weighted by Crippen LogP contribution is 1.98. The van der Waals surface area contributed by atoms with Crippen LogP contribution in [0.1, 0.15) is 19.3 Å². The van der Waals surface area contributed by atoms with E-state index in [0.717, 1.165) is 0 Å². The van der Waals surface area contributed by atoms with Gasteiger partial charge in [0, 0.05) is 12.8 Å². The first-order chi connectivity index (χ1) is 5.95. The average molecular weight is 189 g/mol. The maximum Gasteiger partial charge on any atom is 0.328 e. The summed E-state index contributed by atoms with van der Waals surface area (Å²) in [7, 11) is 0. The zero-order valence-electron chi connectivity index (χ0n) is 6.90. The fourth-order valence-corrected chi connectivity index (χ4v) is 0.707. The fourth-order valence-electron chi connectivity index (χ4n) is 0.707. The van der Waals surface area contributed by atoms with Crippen molar-refractivity contribution in [3.05, 3.63) is 0 Å². The summed E-state index contributed by atoms with van der Waals surface area (Å²) in [5, 5.41) is 16.5. The van der Waals surface area contributed by atoms with E-state index in [0.29, 0.717) is 0 Å². The Morgan fingerprint density at radius 3 is 2.08 bits per heavy atom. The summed E-state index contributed by atoms with van der Waals surface area (Å²) >= 11 is 0. The van der Waals surface area contributed by atoms with Gasteiger partial charge in [-0.25, -0.2) is 0 Å². The minimum absolute atomic E-state index is 0.111. The molecule has 0 radical (unpaired) electrons. The quantitative estimate of drug-likeness (QED) is 0.472. The molecule has 0 aliphatic heterocycles. The van der Waals surface area contributed by atoms with Crippen LogP contribution in [0.2, 0.25) is 0 Å². The van der Waals surface area contributed by atoms with Crippen molar-refractivity contribution in [1.29, 1.82) is 0 Å². The highest BCUT2D eigenvalue weighted by Gasteiger charge is 2.20. The molecule has 0 aliphatic carbocycles. The first kappa shape index (κ1) is 11.6. The van der Waals surface area contributed by atoms with Crippen molar-refractivity contribution in [2.24, 2.45) is 5.73 Å². The van der Waals surface area contributed by atoms with Gasteiger partial charge in [-0.1, -0.05) is 0 Å². The molecule has 0 heterocycles. The van der Waals surface area contributed by atoms with Gasteiger partial charge in [0.15, 0.2) is 11.8 Å². The molecule has 74 valence electrons. The van der Waals surface area contributed by atoms with Crippen LogP contribution in [0.4, 0.5) is 0 Å². The van der Waals surface area contributed by atoms with Crippen molar-refractivity contribution in [2.75, 3.05) is 0 Å². The van der Waals surface area contributed by atoms with Crippen molar-refractivity contribution in [1.82, 2.24) is 0 Å². The van der Waals surface area contributed by atoms with Crippen LogP contribution >= 0.6 is 0 Å². The Balaban J connectivity index is 3.75. The van der Waals surface area contributed by atoms with Crippen molar-refractivity contribution >= 4 is 17.7 Å². The van der Waals surface area contributed by atoms with E-state index in [-0.39, 0.29) is 19.3 Å². The van der Waals surface area contributed by atoms with Crippen LogP contribution in [-0.4, -0.2) is 34.0 Å². The predicted molar refractivity (Wildman–Crippen MR) is 42.1 cm³/mol. The topological polar surface area (TPSA) is 118 Å². The van der Waals surface area contributed by atoms with Gasteiger partial charge in [0.1, 0.15) is 0 Å². The van der Waals surface area contributed by atoms with E-state index in [1.165, 1.54) is 0 Å². The van der Waals surface area contributed by atoms with Crippen LogP contribution in [0.3, 0.4) is 0 Å². The number of rotatable bonds is 6. The minimum atomic E-state index is -1.53. The van der Waals surface area contributed by atoms with Crippen molar-refractivity contribution < 1.29 is 24.6 Å². The molecule has 0 aromatic heterocycles. The molecule has 0 saturated carbocycles. The van der Waals surface area contributed by atoms with Crippen LogP contribution in [0.5, 0.6) is 0 Å². The minimum Gasteiger partial charge on any atom is -0.481 e. The van der Waals surface area contributed by atoms with Crippen LogP contribution in [0.25, 0.3) is 0 Å². The van der Waals surface area contributed by atoms with Gasteiger partial charge in [0.05, 0.1) is 0 Å². The number of hydrogen-bond donors (Lipinski definition) is 3. The molecule has 1 atom stereocenters. The standard InChI is InChI=1S/C7H11NO5/c8-6(7(12)13)4(9)2-1-3-5(10)11/h6H,1-3,8H2,(H,10,11)(H,12,13). The molecule has 0 aromatic carbocycles. The predicted octanol–water partition coefficient (Wildman–Crippen LogP) is -0.778. The summed E-state index contributed by atoms with van der Waals surface area (Å²) in [6, 6.07) is -1.53. The maximum absolute atomic E-state index is 10.9. The third-order valence-electron chi connectivity index (χ3n) is 1.43. The molecule has 6 heteroatoms. The zero-order chi connectivity index (χ0) is 10.4. The molecule has 1 unspecified atom stereocenters. The average Bonchev–Trinajstić information content (AvgIpc) is 2.02. The lowest BCUT2D eigenvalue weighted by Gasteiger charge is -2.03. The number of carbonyl (C=O) groups is 3. The first-order valence-electron chi connectivity index (χ1n) is 3.68. The summed E-state index contributed by atoms with van der Waals surface area (Å²) < 4.78 is 0. The van der Waals surface area contributed by atoms with Crippen LogP contribution in [0.15, 0.2) is 0 Å². The number of Topliss-reactive ketones (excluding diaryl/α,β-unsaturated/α-hetero) is 1. The summed E-state index contributed by atoms with van der Waals surface area (Å²) in [6.07, 6.45) is -0.146. The number of nitrogens with two attached hydrogens (primary N) is 1. The van der Waals surface area contributed by atoms with Crippen LogP contribution in [-0.2, 0) is 14.4 Å². The van der Waals surface area contributed by atoms with Crippen LogP contribution < -0.4 is 5.73 Å². The molecule has 13 heavy (non-hydrogen) atoms. The number of hydrogen-bond acceptors (Lipinski definition) is 4. The molecule has 0 fully saturated rings. The lowest BCUT2D eigenvalue weighted by atomic mass is 10.1. The Labute approximate surface area is 74.3 Å². The summed E-state index contributed by atoms with van der Waals surface area (Å²) in [5.41, 5.74) is 4.98. The Bertz CT molecular complexity index is 225. The van der Waals surface area contributed by atoms with Crippen molar-refractivity contribution in [3.8, 4) is 0 Å². The molecular weight excluding hydrogens is 178 g/mol. The van der Waals surface area contributed by atoms with Gasteiger partial charge in [-0.2, -0.15) is 0 Å². The lowest BCUT2D eigenvalue weighted by Crippen LogP contribution is -2.38. The molecule has 0 aromatic rings. The largest absolute Gasteiger partial charge is 0.481 e. The second kappa shape index (κ2) is 5.26. The molecule has 0 amide bonds. The molecule has 0 aliphatic rings. The maximum atomic E-state index is 10.9. The second-order valence-corrected chi connectivity index (χ2v) is 2.53. The third kappa shape index (κ3) is 4.91. The Morgan fingerprint density at radius 1 is 1.15 bits per heavy atom. The fraction of sp³-hybridized carbons (Fsp3) is 0.571. The summed E-state index contributed by atoms with van der Waals surface area (Å²) in [4.78, 5) is 31.1. The van der Waals surface area contributed by atoms with Gasteiger partial charge < -0.3 is 15.9 Å². The molecule has 0 rings (SSSR count). The Kier molecular flexibility index (Phi) is 4.68. The summed E-state index contributed by atoms with van der Waals surface area (Å²) in [6.45, 7) is 0. The van der Waals surface area contributed by atoms with Gasteiger partial charge in [-0.3, -0.25) is 14.4 Å². The highest BCUT2D eigenvalue weighted by atomic mass is 16.4. The number of carboxylic acids is 2. The van der Waals surface area contributed by atoms with Gasteiger partial charge in [0.2, 0.25) is 0 Å².